The molecule has 7 nitrogen and oxygen atoms in total. The number of amides is 2. The van der Waals surface area contributed by atoms with Crippen LogP contribution in [0.4, 0.5) is 10.5 Å². The van der Waals surface area contributed by atoms with Gasteiger partial charge in [-0.15, -0.1) is 11.3 Å². The SMILES string of the molecule is O=C(Nc1ccccc1-c1ccccc1)NC1CCN(CC(O)CN2CCN(CCc3cccs3)CC2)CC1. The Morgan fingerprint density at radius 3 is 2.23 bits per heavy atom. The second-order valence-corrected chi connectivity index (χ2v) is 11.7. The van der Waals surface area contributed by atoms with E-state index in [1.54, 1.807) is 0 Å². The first kappa shape index (κ1) is 27.8. The Balaban J connectivity index is 0.985. The molecule has 0 saturated carbocycles. The van der Waals surface area contributed by atoms with E-state index in [9.17, 15) is 9.90 Å². The molecule has 208 valence electrons. The number of rotatable bonds is 10. The van der Waals surface area contributed by atoms with Gasteiger partial charge in [0, 0.05) is 75.4 Å². The molecule has 39 heavy (non-hydrogen) atoms. The number of carbonyl (C=O) groups excluding carboxylic acids is 1. The molecule has 3 heterocycles. The number of para-hydroxylation sites is 1. The quantitative estimate of drug-likeness (QED) is 0.355. The van der Waals surface area contributed by atoms with E-state index in [1.165, 1.54) is 4.88 Å². The third-order valence-electron chi connectivity index (χ3n) is 7.84. The van der Waals surface area contributed by atoms with Crippen LogP contribution in [0, 0.1) is 0 Å². The van der Waals surface area contributed by atoms with Gasteiger partial charge in [-0.1, -0.05) is 54.6 Å². The van der Waals surface area contributed by atoms with Gasteiger partial charge in [0.25, 0.3) is 0 Å². The van der Waals surface area contributed by atoms with Crippen LogP contribution in [-0.4, -0.2) is 96.9 Å². The fourth-order valence-corrected chi connectivity index (χ4v) is 6.34. The molecule has 0 aliphatic carbocycles. The summed E-state index contributed by atoms with van der Waals surface area (Å²) in [6.45, 7) is 8.53. The summed E-state index contributed by atoms with van der Waals surface area (Å²) in [7, 11) is 0. The van der Waals surface area contributed by atoms with Gasteiger partial charge >= 0.3 is 6.03 Å². The molecule has 2 amide bonds. The van der Waals surface area contributed by atoms with E-state index < -0.39 is 0 Å². The molecular weight excluding hydrogens is 506 g/mol. The van der Waals surface area contributed by atoms with Crippen molar-refractivity contribution in [3.05, 3.63) is 77.0 Å². The van der Waals surface area contributed by atoms with E-state index in [-0.39, 0.29) is 18.2 Å². The molecule has 2 aromatic carbocycles. The number of nitrogens with one attached hydrogen (secondary N) is 2. The number of nitrogens with zero attached hydrogens (tertiary/aromatic N) is 3. The largest absolute Gasteiger partial charge is 0.390 e. The van der Waals surface area contributed by atoms with E-state index in [0.29, 0.717) is 6.54 Å². The molecule has 0 spiro atoms. The molecule has 2 fully saturated rings. The Hall–Kier alpha value is -2.75. The summed E-state index contributed by atoms with van der Waals surface area (Å²) in [4.78, 5) is 21.5. The maximum Gasteiger partial charge on any atom is 0.319 e. The molecule has 0 bridgehead atoms. The number of hydrogen-bond donors (Lipinski definition) is 3. The number of carbonyl (C=O) groups is 1. The van der Waals surface area contributed by atoms with Gasteiger partial charge in [-0.25, -0.2) is 4.79 Å². The highest BCUT2D eigenvalue weighted by Crippen LogP contribution is 2.27. The lowest BCUT2D eigenvalue weighted by Gasteiger charge is -2.37. The number of piperazine rings is 1. The number of benzene rings is 2. The van der Waals surface area contributed by atoms with Crippen LogP contribution in [0.2, 0.25) is 0 Å². The second kappa shape index (κ2) is 14.1. The van der Waals surface area contributed by atoms with Crippen LogP contribution >= 0.6 is 11.3 Å². The van der Waals surface area contributed by atoms with E-state index in [1.807, 2.05) is 53.8 Å². The molecule has 3 aromatic rings. The number of hydrogen-bond acceptors (Lipinski definition) is 6. The Kier molecular flexibility index (Phi) is 10.0. The van der Waals surface area contributed by atoms with Crippen LogP contribution in [0.1, 0.15) is 17.7 Å². The van der Waals surface area contributed by atoms with Crippen LogP contribution in [0.25, 0.3) is 11.1 Å². The molecule has 5 rings (SSSR count). The molecule has 1 aromatic heterocycles. The van der Waals surface area contributed by atoms with Crippen molar-refractivity contribution in [3.8, 4) is 11.1 Å². The lowest BCUT2D eigenvalue weighted by atomic mass is 10.0. The number of anilines is 1. The summed E-state index contributed by atoms with van der Waals surface area (Å²) < 4.78 is 0. The van der Waals surface area contributed by atoms with Gasteiger partial charge in [0.1, 0.15) is 0 Å². The van der Waals surface area contributed by atoms with Gasteiger partial charge in [-0.3, -0.25) is 4.90 Å². The van der Waals surface area contributed by atoms with E-state index >= 15 is 0 Å². The number of piperidine rings is 1. The van der Waals surface area contributed by atoms with Crippen molar-refractivity contribution in [2.75, 3.05) is 64.2 Å². The van der Waals surface area contributed by atoms with Gasteiger partial charge in [0.2, 0.25) is 0 Å². The van der Waals surface area contributed by atoms with E-state index in [0.717, 1.165) is 88.4 Å². The summed E-state index contributed by atoms with van der Waals surface area (Å²) in [6, 6.07) is 22.3. The molecule has 1 unspecified atom stereocenters. The average Bonchev–Trinajstić information content (AvgIpc) is 3.48. The Labute approximate surface area is 236 Å². The Morgan fingerprint density at radius 1 is 0.846 bits per heavy atom. The van der Waals surface area contributed by atoms with E-state index in [4.69, 9.17) is 0 Å². The number of aliphatic hydroxyl groups excluding tert-OH is 1. The molecule has 1 atom stereocenters. The topological polar surface area (TPSA) is 71.1 Å². The van der Waals surface area contributed by atoms with Gasteiger partial charge in [-0.2, -0.15) is 0 Å². The standard InChI is InChI=1S/C31H41N5O2S/c37-27(24-36-20-18-34(19-21-36)17-14-28-9-6-22-39-28)23-35-15-12-26(13-16-35)32-31(38)33-30-11-5-4-10-29(30)25-7-2-1-3-8-25/h1-11,22,26-27,37H,12-21,23-24H2,(H2,32,33,38). The lowest BCUT2D eigenvalue weighted by molar-refractivity contribution is 0.0445. The van der Waals surface area contributed by atoms with Crippen molar-refractivity contribution in [1.29, 1.82) is 0 Å². The highest BCUT2D eigenvalue weighted by atomic mass is 32.1. The first-order valence-electron chi connectivity index (χ1n) is 14.2. The highest BCUT2D eigenvalue weighted by molar-refractivity contribution is 7.09. The minimum absolute atomic E-state index is 0.143. The third-order valence-corrected chi connectivity index (χ3v) is 8.78. The van der Waals surface area contributed by atoms with Gasteiger partial charge in [0.05, 0.1) is 11.8 Å². The maximum atomic E-state index is 12.8. The predicted molar refractivity (Wildman–Crippen MR) is 160 cm³/mol. The van der Waals surface area contributed by atoms with Crippen molar-refractivity contribution >= 4 is 23.1 Å². The zero-order valence-electron chi connectivity index (χ0n) is 22.7. The molecule has 2 aliphatic rings. The number of likely N-dealkylation sites (tertiary alicyclic amines) is 1. The minimum atomic E-state index is -0.343. The fourth-order valence-electron chi connectivity index (χ4n) is 5.64. The van der Waals surface area contributed by atoms with Crippen molar-refractivity contribution in [3.63, 3.8) is 0 Å². The predicted octanol–water partition coefficient (Wildman–Crippen LogP) is 4.22. The Morgan fingerprint density at radius 2 is 1.51 bits per heavy atom. The number of thiophene rings is 1. The van der Waals surface area contributed by atoms with Crippen LogP contribution < -0.4 is 10.6 Å². The van der Waals surface area contributed by atoms with Gasteiger partial charge < -0.3 is 25.5 Å². The zero-order valence-corrected chi connectivity index (χ0v) is 23.5. The monoisotopic (exact) mass is 547 g/mol. The lowest BCUT2D eigenvalue weighted by Crippen LogP contribution is -2.51. The minimum Gasteiger partial charge on any atom is -0.390 e. The first-order chi connectivity index (χ1) is 19.1. The summed E-state index contributed by atoms with van der Waals surface area (Å²) >= 11 is 1.84. The van der Waals surface area contributed by atoms with Crippen LogP contribution in [0.15, 0.2) is 72.1 Å². The van der Waals surface area contributed by atoms with Crippen LogP contribution in [0.3, 0.4) is 0 Å². The van der Waals surface area contributed by atoms with Crippen LogP contribution in [-0.2, 0) is 6.42 Å². The Bertz CT molecular complexity index is 1140. The van der Waals surface area contributed by atoms with Gasteiger partial charge in [0.15, 0.2) is 0 Å². The van der Waals surface area contributed by atoms with E-state index in [2.05, 4.69) is 55.0 Å². The van der Waals surface area contributed by atoms with Gasteiger partial charge in [-0.05, 0) is 42.3 Å². The second-order valence-electron chi connectivity index (χ2n) is 10.7. The van der Waals surface area contributed by atoms with Crippen LogP contribution in [0.5, 0.6) is 0 Å². The summed E-state index contributed by atoms with van der Waals surface area (Å²) in [5.74, 6) is 0. The molecule has 0 radical (unpaired) electrons. The molecule has 8 heteroatoms. The fraction of sp³-hybridized carbons (Fsp3) is 0.452. The summed E-state index contributed by atoms with van der Waals surface area (Å²) in [5.41, 5.74) is 2.90. The average molecular weight is 548 g/mol. The van der Waals surface area contributed by atoms with Crippen molar-refractivity contribution in [1.82, 2.24) is 20.0 Å². The first-order valence-corrected chi connectivity index (χ1v) is 15.1. The number of aliphatic hydroxyl groups is 1. The molecule has 2 saturated heterocycles. The smallest absolute Gasteiger partial charge is 0.319 e. The molecule has 3 N–H and O–H groups in total. The normalized spacial score (nSPS) is 18.6. The molecular formula is C31H41N5O2S. The van der Waals surface area contributed by atoms with Crippen molar-refractivity contribution in [2.45, 2.75) is 31.4 Å². The highest BCUT2D eigenvalue weighted by Gasteiger charge is 2.24. The maximum absolute atomic E-state index is 12.8. The van der Waals surface area contributed by atoms with Crippen molar-refractivity contribution in [2.24, 2.45) is 0 Å². The molecule has 2 aliphatic heterocycles. The summed E-state index contributed by atoms with van der Waals surface area (Å²) in [6.07, 6.45) is 2.57. The van der Waals surface area contributed by atoms with Crippen molar-refractivity contribution < 1.29 is 9.90 Å². The third kappa shape index (κ3) is 8.37. The number of β-amino-alcohol motifs (C(OH)–C–C–N with tert-alkyl or cyclic N) is 1. The zero-order chi connectivity index (χ0) is 26.9. The summed E-state index contributed by atoms with van der Waals surface area (Å²) in [5, 5.41) is 19.1. The number of urea groups is 1.